The molecule has 0 saturated carbocycles. The summed E-state index contributed by atoms with van der Waals surface area (Å²) in [6, 6.07) is 19.5. The lowest BCUT2D eigenvalue weighted by atomic mass is 9.79. The zero-order valence-corrected chi connectivity index (χ0v) is 44.2. The van der Waals surface area contributed by atoms with Crippen molar-refractivity contribution in [2.45, 2.75) is 186 Å². The van der Waals surface area contributed by atoms with Gasteiger partial charge >= 0.3 is 0 Å². The van der Waals surface area contributed by atoms with Gasteiger partial charge in [0, 0.05) is 25.7 Å². The van der Waals surface area contributed by atoms with Crippen molar-refractivity contribution in [2.75, 3.05) is 26.4 Å². The second-order valence-electron chi connectivity index (χ2n) is 25.0. The summed E-state index contributed by atoms with van der Waals surface area (Å²) in [6.07, 6.45) is 2.73. The summed E-state index contributed by atoms with van der Waals surface area (Å²) in [5.74, 6) is 5.42. The normalized spacial score (nSPS) is 13.9. The highest BCUT2D eigenvalue weighted by Gasteiger charge is 2.30. The molecule has 0 aromatic heterocycles. The first-order valence-electron chi connectivity index (χ1n) is 24.7. The van der Waals surface area contributed by atoms with E-state index in [1.54, 1.807) is 0 Å². The topological polar surface area (TPSA) is 36.9 Å². The highest BCUT2D eigenvalue weighted by molar-refractivity contribution is 5.60. The second-order valence-corrected chi connectivity index (χ2v) is 25.0. The van der Waals surface area contributed by atoms with Gasteiger partial charge in [0.05, 0.1) is 26.4 Å². The molecule has 8 bridgehead atoms. The maximum Gasteiger partial charge on any atom is 0.126 e. The predicted octanol–water partition coefficient (Wildman–Crippen LogP) is 15.7. The zero-order valence-electron chi connectivity index (χ0n) is 44.2. The van der Waals surface area contributed by atoms with E-state index in [0.29, 0.717) is 75.8 Å². The Hall–Kier alpha value is -3.92. The Labute approximate surface area is 391 Å². The quantitative estimate of drug-likeness (QED) is 0.125. The monoisotopic (exact) mass is 873 g/mol. The largest absolute Gasteiger partial charge is 0.493 e. The predicted molar refractivity (Wildman–Crippen MR) is 273 cm³/mol. The molecule has 1 aliphatic rings. The maximum absolute atomic E-state index is 7.10. The lowest BCUT2D eigenvalue weighted by Crippen LogP contribution is -2.19. The minimum Gasteiger partial charge on any atom is -0.493 e. The third-order valence-electron chi connectivity index (χ3n) is 12.2. The van der Waals surface area contributed by atoms with Crippen molar-refractivity contribution in [1.29, 1.82) is 0 Å². The standard InChI is InChI=1S/C60H88O4/c1-37(2)33-61-53-41-21-43-27-50(58(12,13)14)29-45(54(43)62-34-38(3)4)23-47-31-52(60(18,19)20)32-48(56(47)64-36-40(7)8)24-46-30-51(59(15,16)17)28-44(55(46)63-35-39(5)6)22-42(53)26-49(25-41)57(9,10)11/h25-32,37-40H,21-24,33-36H2,1-20H3. The first-order valence-corrected chi connectivity index (χ1v) is 24.7. The van der Waals surface area contributed by atoms with E-state index in [2.05, 4.69) is 187 Å². The number of ether oxygens (including phenoxy) is 4. The van der Waals surface area contributed by atoms with Crippen molar-refractivity contribution in [1.82, 2.24) is 0 Å². The molecule has 0 aliphatic heterocycles. The third kappa shape index (κ3) is 13.1. The molecule has 0 atom stereocenters. The number of fused-ring (bicyclic) bond motifs is 8. The van der Waals surface area contributed by atoms with Crippen LogP contribution >= 0.6 is 0 Å². The van der Waals surface area contributed by atoms with Gasteiger partial charge in [-0.1, -0.05) is 187 Å². The fourth-order valence-electron chi connectivity index (χ4n) is 8.36. The van der Waals surface area contributed by atoms with Crippen LogP contribution in [-0.2, 0) is 47.3 Å². The number of rotatable bonds is 12. The number of benzene rings is 4. The lowest BCUT2D eigenvalue weighted by molar-refractivity contribution is 0.260. The molecule has 0 spiro atoms. The molecule has 5 rings (SSSR count). The van der Waals surface area contributed by atoms with Gasteiger partial charge in [-0.25, -0.2) is 0 Å². The molecule has 4 nitrogen and oxygen atoms in total. The molecule has 0 saturated heterocycles. The summed E-state index contributed by atoms with van der Waals surface area (Å²) >= 11 is 0. The van der Waals surface area contributed by atoms with Gasteiger partial charge in [-0.3, -0.25) is 0 Å². The molecule has 0 heterocycles. The molecule has 352 valence electrons. The van der Waals surface area contributed by atoms with Gasteiger partial charge in [0.1, 0.15) is 23.0 Å². The van der Waals surface area contributed by atoms with Crippen LogP contribution in [0.25, 0.3) is 0 Å². The smallest absolute Gasteiger partial charge is 0.126 e. The second kappa shape index (κ2) is 19.9. The minimum absolute atomic E-state index is 0.0917. The summed E-state index contributed by atoms with van der Waals surface area (Å²) in [4.78, 5) is 0. The van der Waals surface area contributed by atoms with E-state index in [9.17, 15) is 0 Å². The molecule has 64 heavy (non-hydrogen) atoms. The van der Waals surface area contributed by atoms with Gasteiger partial charge in [0.2, 0.25) is 0 Å². The molecule has 4 aromatic rings. The highest BCUT2D eigenvalue weighted by Crippen LogP contribution is 2.44. The van der Waals surface area contributed by atoms with Crippen LogP contribution in [-0.4, -0.2) is 26.4 Å². The zero-order chi connectivity index (χ0) is 47.7. The summed E-state index contributed by atoms with van der Waals surface area (Å²) < 4.78 is 28.4. The molecule has 0 fully saturated rings. The molecule has 4 aromatic carbocycles. The van der Waals surface area contributed by atoms with E-state index in [1.165, 1.54) is 66.8 Å². The third-order valence-corrected chi connectivity index (χ3v) is 12.2. The van der Waals surface area contributed by atoms with Crippen LogP contribution in [0.1, 0.15) is 205 Å². The Morgan fingerprint density at radius 3 is 0.547 bits per heavy atom. The van der Waals surface area contributed by atoms with E-state index >= 15 is 0 Å². The van der Waals surface area contributed by atoms with E-state index in [-0.39, 0.29) is 21.7 Å². The Bertz CT molecular complexity index is 1810. The maximum atomic E-state index is 7.10. The Kier molecular flexibility index (Phi) is 15.9. The molecule has 1 aliphatic carbocycles. The molecule has 0 radical (unpaired) electrons. The summed E-state index contributed by atoms with van der Waals surface area (Å²) in [5, 5.41) is 0. The minimum atomic E-state index is -0.0917. The van der Waals surface area contributed by atoms with Crippen molar-refractivity contribution in [3.8, 4) is 23.0 Å². The van der Waals surface area contributed by atoms with E-state index in [0.717, 1.165) is 23.0 Å². The Morgan fingerprint density at radius 1 is 0.297 bits per heavy atom. The summed E-state index contributed by atoms with van der Waals surface area (Å²) in [7, 11) is 0. The Morgan fingerprint density at radius 2 is 0.438 bits per heavy atom. The molecule has 4 heteroatoms. The van der Waals surface area contributed by atoms with Gasteiger partial charge in [0.15, 0.2) is 0 Å². The summed E-state index contributed by atoms with van der Waals surface area (Å²) in [6.45, 7) is 48.5. The van der Waals surface area contributed by atoms with Crippen molar-refractivity contribution in [3.05, 3.63) is 115 Å². The average Bonchev–Trinajstić information content (AvgIpc) is 3.13. The van der Waals surface area contributed by atoms with Crippen molar-refractivity contribution in [2.24, 2.45) is 23.7 Å². The van der Waals surface area contributed by atoms with Gasteiger partial charge in [-0.15, -0.1) is 0 Å². The van der Waals surface area contributed by atoms with Crippen LogP contribution in [0.5, 0.6) is 23.0 Å². The van der Waals surface area contributed by atoms with Crippen LogP contribution < -0.4 is 18.9 Å². The molecular weight excluding hydrogens is 785 g/mol. The first-order chi connectivity index (χ1) is 29.5. The number of hydrogen-bond acceptors (Lipinski definition) is 4. The summed E-state index contributed by atoms with van der Waals surface area (Å²) in [5.41, 5.74) is 14.5. The van der Waals surface area contributed by atoms with E-state index < -0.39 is 0 Å². The SMILES string of the molecule is CC(C)COc1c2cc(C(C)(C)C)cc1Cc1cc(C(C)(C)C)cc(c1OCC(C)C)Cc1cc(C(C)(C)C)cc(c1OCC(C)C)Cc1cc(C(C)(C)C)cc(c1OCC(C)C)C2. The van der Waals surface area contributed by atoms with Crippen LogP contribution in [0.2, 0.25) is 0 Å². The molecule has 0 amide bonds. The fourth-order valence-corrected chi connectivity index (χ4v) is 8.36. The van der Waals surface area contributed by atoms with Gasteiger partial charge in [-0.05, 0) is 112 Å². The van der Waals surface area contributed by atoms with Crippen LogP contribution in [0.3, 0.4) is 0 Å². The molecule has 0 N–H and O–H groups in total. The van der Waals surface area contributed by atoms with Gasteiger partial charge in [0.25, 0.3) is 0 Å². The van der Waals surface area contributed by atoms with Crippen LogP contribution in [0.15, 0.2) is 48.5 Å². The highest BCUT2D eigenvalue weighted by atomic mass is 16.5. The van der Waals surface area contributed by atoms with Crippen molar-refractivity contribution in [3.63, 3.8) is 0 Å². The van der Waals surface area contributed by atoms with Crippen LogP contribution in [0, 0.1) is 23.7 Å². The first kappa shape index (κ1) is 51.1. The fraction of sp³-hybridized carbons (Fsp3) is 0.600. The molecular formula is C60H88O4. The van der Waals surface area contributed by atoms with Crippen molar-refractivity contribution < 1.29 is 18.9 Å². The van der Waals surface area contributed by atoms with Gasteiger partial charge in [-0.2, -0.15) is 0 Å². The van der Waals surface area contributed by atoms with Crippen LogP contribution in [0.4, 0.5) is 0 Å². The van der Waals surface area contributed by atoms with Gasteiger partial charge < -0.3 is 18.9 Å². The Balaban J connectivity index is 2.04. The van der Waals surface area contributed by atoms with Crippen molar-refractivity contribution >= 4 is 0 Å². The lowest BCUT2D eigenvalue weighted by Gasteiger charge is -2.30. The van der Waals surface area contributed by atoms with E-state index in [4.69, 9.17) is 18.9 Å². The molecule has 0 unspecified atom stereocenters. The van der Waals surface area contributed by atoms with E-state index in [1.807, 2.05) is 0 Å². The average molecular weight is 873 g/mol. The number of hydrogen-bond donors (Lipinski definition) is 0.